The minimum Gasteiger partial charge on any atom is -0.462 e. The highest BCUT2D eigenvalue weighted by molar-refractivity contribution is 5.94. The quantitative estimate of drug-likeness (QED) is 0.656. The lowest BCUT2D eigenvalue weighted by Gasteiger charge is -2.08. The summed E-state index contributed by atoms with van der Waals surface area (Å²) in [5, 5.41) is 2.77. The smallest absolute Gasteiger partial charge is 0.338 e. The van der Waals surface area contributed by atoms with Gasteiger partial charge in [0.1, 0.15) is 0 Å². The number of para-hydroxylation sites is 1. The largest absolute Gasteiger partial charge is 0.462 e. The van der Waals surface area contributed by atoms with E-state index in [4.69, 9.17) is 10.5 Å². The first kappa shape index (κ1) is 15.6. The van der Waals surface area contributed by atoms with Gasteiger partial charge in [-0.3, -0.25) is 4.79 Å². The van der Waals surface area contributed by atoms with Crippen LogP contribution in [0.5, 0.6) is 0 Å². The molecule has 0 unspecified atom stereocenters. The first-order chi connectivity index (χ1) is 10.6. The molecule has 2 rings (SSSR count). The molecule has 0 bridgehead atoms. The third-order valence-corrected chi connectivity index (χ3v) is 3.09. The number of carbonyl (C=O) groups excluding carboxylic acids is 2. The maximum atomic E-state index is 12.0. The number of carbonyl (C=O) groups is 2. The number of esters is 1. The summed E-state index contributed by atoms with van der Waals surface area (Å²) in [6.45, 7) is 2.08. The van der Waals surface area contributed by atoms with Crippen molar-refractivity contribution in [3.63, 3.8) is 0 Å². The van der Waals surface area contributed by atoms with Crippen molar-refractivity contribution < 1.29 is 14.3 Å². The molecule has 5 nitrogen and oxygen atoms in total. The summed E-state index contributed by atoms with van der Waals surface area (Å²) in [6.07, 6.45) is 0.201. The second kappa shape index (κ2) is 7.26. The van der Waals surface area contributed by atoms with Crippen LogP contribution in [0, 0.1) is 0 Å². The number of nitrogens with two attached hydrogens (primary N) is 1. The number of anilines is 2. The van der Waals surface area contributed by atoms with Gasteiger partial charge in [-0.05, 0) is 42.8 Å². The molecule has 0 saturated heterocycles. The van der Waals surface area contributed by atoms with E-state index in [2.05, 4.69) is 5.32 Å². The summed E-state index contributed by atoms with van der Waals surface area (Å²) in [5.41, 5.74) is 8.26. The van der Waals surface area contributed by atoms with Crippen molar-refractivity contribution in [2.24, 2.45) is 0 Å². The summed E-state index contributed by atoms with van der Waals surface area (Å²) in [6, 6.07) is 13.8. The standard InChI is InChI=1S/C17H18N2O3/c1-2-22-17(21)12-7-9-14(10-8-12)19-16(20)11-13-5-3-4-6-15(13)18/h3-10H,2,11,18H2,1H3,(H,19,20). The number of rotatable bonds is 5. The molecule has 0 saturated carbocycles. The Morgan fingerprint density at radius 1 is 1.09 bits per heavy atom. The summed E-state index contributed by atoms with van der Waals surface area (Å²) < 4.78 is 4.90. The van der Waals surface area contributed by atoms with E-state index in [0.717, 1.165) is 5.56 Å². The highest BCUT2D eigenvalue weighted by atomic mass is 16.5. The summed E-state index contributed by atoms with van der Waals surface area (Å²) in [5.74, 6) is -0.542. The topological polar surface area (TPSA) is 81.4 Å². The van der Waals surface area contributed by atoms with Crippen LogP contribution < -0.4 is 11.1 Å². The van der Waals surface area contributed by atoms with Gasteiger partial charge in [0.25, 0.3) is 0 Å². The van der Waals surface area contributed by atoms with Crippen LogP contribution in [0.1, 0.15) is 22.8 Å². The molecular formula is C17H18N2O3. The molecule has 5 heteroatoms. The van der Waals surface area contributed by atoms with Crippen LogP contribution in [0.2, 0.25) is 0 Å². The molecular weight excluding hydrogens is 280 g/mol. The number of hydrogen-bond donors (Lipinski definition) is 2. The van der Waals surface area contributed by atoms with Crippen molar-refractivity contribution in [2.75, 3.05) is 17.7 Å². The zero-order valence-corrected chi connectivity index (χ0v) is 12.3. The van der Waals surface area contributed by atoms with Crippen LogP contribution in [0.4, 0.5) is 11.4 Å². The van der Waals surface area contributed by atoms with E-state index in [1.165, 1.54) is 0 Å². The van der Waals surface area contributed by atoms with Crippen molar-refractivity contribution in [1.82, 2.24) is 0 Å². The average molecular weight is 298 g/mol. The third-order valence-electron chi connectivity index (χ3n) is 3.09. The summed E-state index contributed by atoms with van der Waals surface area (Å²) >= 11 is 0. The van der Waals surface area contributed by atoms with Crippen LogP contribution in [0.3, 0.4) is 0 Å². The Morgan fingerprint density at radius 2 is 1.77 bits per heavy atom. The molecule has 0 atom stereocenters. The number of ether oxygens (including phenoxy) is 1. The van der Waals surface area contributed by atoms with Gasteiger partial charge in [0.15, 0.2) is 0 Å². The Hall–Kier alpha value is -2.82. The minimum absolute atomic E-state index is 0.165. The SMILES string of the molecule is CCOC(=O)c1ccc(NC(=O)Cc2ccccc2N)cc1. The molecule has 2 aromatic carbocycles. The molecule has 1 amide bonds. The molecule has 0 radical (unpaired) electrons. The Balaban J connectivity index is 1.97. The molecule has 0 fully saturated rings. The van der Waals surface area contributed by atoms with E-state index >= 15 is 0 Å². The van der Waals surface area contributed by atoms with Crippen LogP contribution >= 0.6 is 0 Å². The van der Waals surface area contributed by atoms with Gasteiger partial charge in [-0.15, -0.1) is 0 Å². The van der Waals surface area contributed by atoms with E-state index in [1.54, 1.807) is 37.3 Å². The van der Waals surface area contributed by atoms with E-state index in [9.17, 15) is 9.59 Å². The molecule has 0 aromatic heterocycles. The van der Waals surface area contributed by atoms with Crippen LogP contribution in [0.15, 0.2) is 48.5 Å². The zero-order chi connectivity index (χ0) is 15.9. The average Bonchev–Trinajstić information content (AvgIpc) is 2.50. The Bertz CT molecular complexity index is 666. The number of benzene rings is 2. The molecule has 0 aliphatic rings. The van der Waals surface area contributed by atoms with Crippen molar-refractivity contribution >= 4 is 23.3 Å². The zero-order valence-electron chi connectivity index (χ0n) is 12.3. The normalized spacial score (nSPS) is 10.0. The van der Waals surface area contributed by atoms with E-state index in [1.807, 2.05) is 18.2 Å². The fraction of sp³-hybridized carbons (Fsp3) is 0.176. The maximum absolute atomic E-state index is 12.0. The van der Waals surface area contributed by atoms with Gasteiger partial charge in [-0.25, -0.2) is 4.79 Å². The first-order valence-electron chi connectivity index (χ1n) is 7.00. The predicted octanol–water partition coefficient (Wildman–Crippen LogP) is 2.63. The van der Waals surface area contributed by atoms with E-state index < -0.39 is 0 Å². The van der Waals surface area contributed by atoms with Gasteiger partial charge >= 0.3 is 5.97 Å². The molecule has 3 N–H and O–H groups in total. The van der Waals surface area contributed by atoms with Crippen LogP contribution in [0.25, 0.3) is 0 Å². The van der Waals surface area contributed by atoms with Gasteiger partial charge < -0.3 is 15.8 Å². The molecule has 114 valence electrons. The highest BCUT2D eigenvalue weighted by Crippen LogP contribution is 2.14. The lowest BCUT2D eigenvalue weighted by molar-refractivity contribution is -0.115. The van der Waals surface area contributed by atoms with Crippen molar-refractivity contribution in [1.29, 1.82) is 0 Å². The second-order valence-electron chi connectivity index (χ2n) is 4.72. The third kappa shape index (κ3) is 4.09. The summed E-state index contributed by atoms with van der Waals surface area (Å²) in [4.78, 5) is 23.5. The lowest BCUT2D eigenvalue weighted by Crippen LogP contribution is -2.15. The molecule has 0 spiro atoms. The van der Waals surface area contributed by atoms with Gasteiger partial charge in [0.05, 0.1) is 18.6 Å². The number of amides is 1. The first-order valence-corrected chi connectivity index (χ1v) is 7.00. The highest BCUT2D eigenvalue weighted by Gasteiger charge is 2.08. The fourth-order valence-electron chi connectivity index (χ4n) is 1.98. The Labute approximate surface area is 129 Å². The van der Waals surface area contributed by atoms with Gasteiger partial charge in [0.2, 0.25) is 5.91 Å². The van der Waals surface area contributed by atoms with Crippen molar-refractivity contribution in [3.8, 4) is 0 Å². The number of nitrogen functional groups attached to an aromatic ring is 1. The molecule has 0 aliphatic carbocycles. The number of hydrogen-bond acceptors (Lipinski definition) is 4. The van der Waals surface area contributed by atoms with Gasteiger partial charge in [-0.1, -0.05) is 18.2 Å². The van der Waals surface area contributed by atoms with Gasteiger partial charge in [0, 0.05) is 11.4 Å². The van der Waals surface area contributed by atoms with E-state index in [-0.39, 0.29) is 18.3 Å². The minimum atomic E-state index is -0.377. The number of nitrogens with one attached hydrogen (secondary N) is 1. The second-order valence-corrected chi connectivity index (χ2v) is 4.72. The molecule has 2 aromatic rings. The van der Waals surface area contributed by atoms with Crippen molar-refractivity contribution in [2.45, 2.75) is 13.3 Å². The monoisotopic (exact) mass is 298 g/mol. The predicted molar refractivity (Wildman–Crippen MR) is 85.6 cm³/mol. The van der Waals surface area contributed by atoms with Gasteiger partial charge in [-0.2, -0.15) is 0 Å². The maximum Gasteiger partial charge on any atom is 0.338 e. The lowest BCUT2D eigenvalue weighted by atomic mass is 10.1. The summed E-state index contributed by atoms with van der Waals surface area (Å²) in [7, 11) is 0. The molecule has 0 aliphatic heterocycles. The van der Waals surface area contributed by atoms with Crippen LogP contribution in [-0.4, -0.2) is 18.5 Å². The fourth-order valence-corrected chi connectivity index (χ4v) is 1.98. The van der Waals surface area contributed by atoms with E-state index in [0.29, 0.717) is 23.5 Å². The molecule has 22 heavy (non-hydrogen) atoms. The Kier molecular flexibility index (Phi) is 5.14. The van der Waals surface area contributed by atoms with Crippen LogP contribution in [-0.2, 0) is 16.0 Å². The van der Waals surface area contributed by atoms with Crippen molar-refractivity contribution in [3.05, 3.63) is 59.7 Å². The molecule has 0 heterocycles. The Morgan fingerprint density at radius 3 is 2.41 bits per heavy atom.